The molecular formula is C18H15N7O. The number of hydrogen-bond acceptors (Lipinski definition) is 7. The van der Waals surface area contributed by atoms with Crippen molar-refractivity contribution in [3.63, 3.8) is 0 Å². The van der Waals surface area contributed by atoms with Crippen LogP contribution in [-0.4, -0.2) is 38.0 Å². The van der Waals surface area contributed by atoms with Crippen molar-refractivity contribution in [3.05, 3.63) is 47.8 Å². The summed E-state index contributed by atoms with van der Waals surface area (Å²) in [6.45, 7) is 0. The Hall–Kier alpha value is -3.55. The first kappa shape index (κ1) is 14.8. The number of anilines is 1. The van der Waals surface area contributed by atoms with Crippen LogP contribution >= 0.6 is 0 Å². The van der Waals surface area contributed by atoms with Gasteiger partial charge in [0.2, 0.25) is 0 Å². The Balaban J connectivity index is 1.49. The van der Waals surface area contributed by atoms with Gasteiger partial charge in [-0.05, 0) is 42.7 Å². The third kappa shape index (κ3) is 2.34. The lowest BCUT2D eigenvalue weighted by atomic mass is 10.2. The van der Waals surface area contributed by atoms with Gasteiger partial charge in [-0.25, -0.2) is 5.43 Å². The zero-order valence-electron chi connectivity index (χ0n) is 14.0. The van der Waals surface area contributed by atoms with Crippen molar-refractivity contribution in [2.75, 3.05) is 12.5 Å². The summed E-state index contributed by atoms with van der Waals surface area (Å²) in [5, 5.41) is 13.8. The normalized spacial score (nSPS) is 14.9. The fraction of sp³-hybridized carbons (Fsp3) is 0.167. The van der Waals surface area contributed by atoms with E-state index in [1.54, 1.807) is 13.3 Å². The Morgan fingerprint density at radius 2 is 2.15 bits per heavy atom. The largest absolute Gasteiger partial charge is 0.497 e. The molecule has 8 nitrogen and oxygen atoms in total. The molecule has 0 aliphatic heterocycles. The zero-order valence-corrected chi connectivity index (χ0v) is 14.0. The molecule has 1 aromatic carbocycles. The van der Waals surface area contributed by atoms with Gasteiger partial charge in [0, 0.05) is 17.1 Å². The number of nitrogens with one attached hydrogen (secondary N) is 2. The van der Waals surface area contributed by atoms with E-state index in [0.717, 1.165) is 40.9 Å². The quantitative estimate of drug-likeness (QED) is 0.554. The molecule has 0 bridgehead atoms. The molecule has 1 aliphatic carbocycles. The molecule has 128 valence electrons. The van der Waals surface area contributed by atoms with E-state index in [9.17, 15) is 0 Å². The lowest BCUT2D eigenvalue weighted by Gasteiger charge is -2.01. The van der Waals surface area contributed by atoms with Crippen LogP contribution in [-0.2, 0) is 6.42 Å². The molecule has 3 aromatic heterocycles. The van der Waals surface area contributed by atoms with Crippen LogP contribution < -0.4 is 10.2 Å². The number of benzene rings is 1. The summed E-state index contributed by atoms with van der Waals surface area (Å²) in [6, 6.07) is 9.76. The minimum atomic E-state index is 0.341. The van der Waals surface area contributed by atoms with Crippen LogP contribution in [0.1, 0.15) is 17.7 Å². The van der Waals surface area contributed by atoms with Crippen LogP contribution in [0, 0.1) is 0 Å². The summed E-state index contributed by atoms with van der Waals surface area (Å²) in [5.41, 5.74) is 8.24. The van der Waals surface area contributed by atoms with Gasteiger partial charge in [0.1, 0.15) is 11.3 Å². The van der Waals surface area contributed by atoms with Crippen molar-refractivity contribution in [2.45, 2.75) is 12.8 Å². The molecule has 8 heteroatoms. The number of hydrazone groups is 1. The molecule has 26 heavy (non-hydrogen) atoms. The summed E-state index contributed by atoms with van der Waals surface area (Å²) in [6.07, 6.45) is 3.58. The van der Waals surface area contributed by atoms with Crippen molar-refractivity contribution in [3.8, 4) is 5.75 Å². The predicted molar refractivity (Wildman–Crippen MR) is 98.5 cm³/mol. The van der Waals surface area contributed by atoms with Gasteiger partial charge in [-0.2, -0.15) is 10.1 Å². The standard InChI is InChI=1S/C18H15N7O/c1-26-11-5-7-13-12(9-11)16-17(20-13)21-18(25-23-16)24-22-14-6-4-10-3-2-8-19-15(10)14/h2-3,5,7-9H,4,6H2,1H3,(H2,20,21,24,25)/b22-14+. The average molecular weight is 345 g/mol. The van der Waals surface area contributed by atoms with Crippen LogP contribution in [0.5, 0.6) is 5.75 Å². The van der Waals surface area contributed by atoms with E-state index < -0.39 is 0 Å². The first-order valence-electron chi connectivity index (χ1n) is 8.29. The van der Waals surface area contributed by atoms with Crippen LogP contribution in [0.15, 0.2) is 41.6 Å². The maximum atomic E-state index is 5.27. The van der Waals surface area contributed by atoms with E-state index in [-0.39, 0.29) is 0 Å². The molecule has 0 fully saturated rings. The minimum absolute atomic E-state index is 0.341. The molecular weight excluding hydrogens is 330 g/mol. The van der Waals surface area contributed by atoms with E-state index in [2.05, 4.69) is 41.7 Å². The summed E-state index contributed by atoms with van der Waals surface area (Å²) >= 11 is 0. The van der Waals surface area contributed by atoms with Crippen molar-refractivity contribution >= 4 is 33.7 Å². The van der Waals surface area contributed by atoms with Crippen LogP contribution in [0.3, 0.4) is 0 Å². The monoisotopic (exact) mass is 345 g/mol. The van der Waals surface area contributed by atoms with Crippen molar-refractivity contribution in [1.29, 1.82) is 0 Å². The highest BCUT2D eigenvalue weighted by molar-refractivity contribution is 6.04. The van der Waals surface area contributed by atoms with Crippen LogP contribution in [0.25, 0.3) is 22.1 Å². The highest BCUT2D eigenvalue weighted by atomic mass is 16.5. The molecule has 4 aromatic rings. The number of ether oxygens (including phenoxy) is 1. The van der Waals surface area contributed by atoms with E-state index in [1.807, 2.05) is 24.3 Å². The second-order valence-corrected chi connectivity index (χ2v) is 6.05. The van der Waals surface area contributed by atoms with E-state index in [4.69, 9.17) is 4.74 Å². The molecule has 0 amide bonds. The van der Waals surface area contributed by atoms with Gasteiger partial charge in [-0.15, -0.1) is 10.2 Å². The van der Waals surface area contributed by atoms with Gasteiger partial charge in [-0.1, -0.05) is 6.07 Å². The molecule has 0 unspecified atom stereocenters. The number of nitrogens with zero attached hydrogens (tertiary/aromatic N) is 5. The summed E-state index contributed by atoms with van der Waals surface area (Å²) in [5.74, 6) is 1.11. The topological polar surface area (TPSA) is 101 Å². The summed E-state index contributed by atoms with van der Waals surface area (Å²) in [7, 11) is 1.64. The number of methoxy groups -OCH3 is 1. The molecule has 2 N–H and O–H groups in total. The average Bonchev–Trinajstić information content (AvgIpc) is 3.26. The first-order chi connectivity index (χ1) is 12.8. The highest BCUT2D eigenvalue weighted by Gasteiger charge is 2.18. The Kier molecular flexibility index (Phi) is 3.27. The van der Waals surface area contributed by atoms with Crippen molar-refractivity contribution < 1.29 is 4.74 Å². The number of pyridine rings is 1. The first-order valence-corrected chi connectivity index (χ1v) is 8.29. The molecule has 0 saturated heterocycles. The molecule has 0 atom stereocenters. The summed E-state index contributed by atoms with van der Waals surface area (Å²) in [4.78, 5) is 12.1. The Morgan fingerprint density at radius 1 is 1.19 bits per heavy atom. The Bertz CT molecular complexity index is 1160. The highest BCUT2D eigenvalue weighted by Crippen LogP contribution is 2.26. The van der Waals surface area contributed by atoms with Crippen molar-refractivity contribution in [2.24, 2.45) is 5.10 Å². The number of aromatic nitrogens is 5. The number of H-pyrrole nitrogens is 1. The maximum Gasteiger partial charge on any atom is 0.265 e. The second-order valence-electron chi connectivity index (χ2n) is 6.05. The van der Waals surface area contributed by atoms with Gasteiger partial charge >= 0.3 is 0 Å². The molecule has 5 rings (SSSR count). The van der Waals surface area contributed by atoms with Gasteiger partial charge < -0.3 is 9.72 Å². The Labute approximate surface area is 148 Å². The zero-order chi connectivity index (χ0) is 17.5. The molecule has 3 heterocycles. The van der Waals surface area contributed by atoms with Gasteiger partial charge in [0.25, 0.3) is 5.95 Å². The van der Waals surface area contributed by atoms with Gasteiger partial charge in [0.15, 0.2) is 5.65 Å². The van der Waals surface area contributed by atoms with E-state index in [0.29, 0.717) is 17.1 Å². The number of aromatic amines is 1. The maximum absolute atomic E-state index is 5.27. The lowest BCUT2D eigenvalue weighted by molar-refractivity contribution is 0.415. The smallest absolute Gasteiger partial charge is 0.265 e. The third-order valence-electron chi connectivity index (χ3n) is 4.51. The third-order valence-corrected chi connectivity index (χ3v) is 4.51. The van der Waals surface area contributed by atoms with E-state index >= 15 is 0 Å². The van der Waals surface area contributed by atoms with Crippen LogP contribution in [0.4, 0.5) is 5.95 Å². The summed E-state index contributed by atoms with van der Waals surface area (Å²) < 4.78 is 5.27. The number of hydrogen-bond donors (Lipinski definition) is 2. The van der Waals surface area contributed by atoms with Gasteiger partial charge in [-0.3, -0.25) is 4.98 Å². The Morgan fingerprint density at radius 3 is 3.08 bits per heavy atom. The SMILES string of the molecule is COc1ccc2[nH]c3nc(N/N=C4\CCc5cccnc54)nnc3c2c1. The van der Waals surface area contributed by atoms with Gasteiger partial charge in [0.05, 0.1) is 18.5 Å². The molecule has 0 radical (unpaired) electrons. The lowest BCUT2D eigenvalue weighted by Crippen LogP contribution is -2.04. The van der Waals surface area contributed by atoms with Crippen molar-refractivity contribution in [1.82, 2.24) is 25.1 Å². The molecule has 0 spiro atoms. The minimum Gasteiger partial charge on any atom is -0.497 e. The number of fused-ring (bicyclic) bond motifs is 4. The van der Waals surface area contributed by atoms with Crippen LogP contribution in [0.2, 0.25) is 0 Å². The predicted octanol–water partition coefficient (Wildman–Crippen LogP) is 2.67. The fourth-order valence-electron chi connectivity index (χ4n) is 3.22. The molecule has 0 saturated carbocycles. The van der Waals surface area contributed by atoms with E-state index in [1.165, 1.54) is 5.56 Å². The second kappa shape index (κ2) is 5.76. The number of aryl methyl sites for hydroxylation is 1. The number of rotatable bonds is 3. The fourth-order valence-corrected chi connectivity index (χ4v) is 3.22. The molecule has 1 aliphatic rings.